The summed E-state index contributed by atoms with van der Waals surface area (Å²) in [5, 5.41) is 3.12. The Hall–Kier alpha value is -2.41. The summed E-state index contributed by atoms with van der Waals surface area (Å²) < 4.78 is 13.9. The number of nitrogens with one attached hydrogen (secondary N) is 1. The van der Waals surface area contributed by atoms with Gasteiger partial charge in [-0.25, -0.2) is 14.2 Å². The van der Waals surface area contributed by atoms with Crippen LogP contribution in [0.2, 0.25) is 5.28 Å². The number of carbonyl (C=O) groups is 1. The van der Waals surface area contributed by atoms with E-state index in [0.717, 1.165) is 25.7 Å². The van der Waals surface area contributed by atoms with Crippen molar-refractivity contribution in [3.05, 3.63) is 52.7 Å². The van der Waals surface area contributed by atoms with E-state index in [2.05, 4.69) is 27.4 Å². The normalized spacial score (nSPS) is 24.9. The van der Waals surface area contributed by atoms with Crippen molar-refractivity contribution in [1.82, 2.24) is 20.2 Å². The Kier molecular flexibility index (Phi) is 4.34. The van der Waals surface area contributed by atoms with Crippen molar-refractivity contribution < 1.29 is 9.18 Å². The first-order valence-corrected chi connectivity index (χ1v) is 10.0. The third-order valence-corrected chi connectivity index (χ3v) is 6.43. The Bertz CT molecular complexity index is 888. The lowest BCUT2D eigenvalue weighted by Gasteiger charge is -2.21. The van der Waals surface area contributed by atoms with Gasteiger partial charge in [0, 0.05) is 32.7 Å². The molecular weight excluding hydrogens is 381 g/mol. The Morgan fingerprint density at radius 1 is 1.21 bits per heavy atom. The number of hydrogen-bond donors (Lipinski definition) is 1. The molecule has 1 N–H and O–H groups in total. The van der Waals surface area contributed by atoms with Gasteiger partial charge in [-0.2, -0.15) is 4.98 Å². The Morgan fingerprint density at radius 3 is 2.57 bits per heavy atom. The molecule has 5 rings (SSSR count). The van der Waals surface area contributed by atoms with Crippen LogP contribution < -0.4 is 10.2 Å². The topological polar surface area (TPSA) is 61.4 Å². The summed E-state index contributed by atoms with van der Waals surface area (Å²) in [6, 6.07) is 8.18. The molecule has 2 fully saturated rings. The fourth-order valence-corrected chi connectivity index (χ4v) is 4.87. The third-order valence-electron chi connectivity index (χ3n) is 6.25. The van der Waals surface area contributed by atoms with Gasteiger partial charge in [0.25, 0.3) is 0 Å². The number of halogens is 2. The largest absolute Gasteiger partial charge is 0.353 e. The molecule has 8 heteroatoms. The number of amides is 2. The molecule has 2 aliphatic heterocycles. The molecule has 3 aliphatic rings. The van der Waals surface area contributed by atoms with E-state index in [4.69, 9.17) is 11.6 Å². The molecule has 1 saturated carbocycles. The van der Waals surface area contributed by atoms with Gasteiger partial charge < -0.3 is 15.1 Å². The highest BCUT2D eigenvalue weighted by molar-refractivity contribution is 6.28. The highest BCUT2D eigenvalue weighted by atomic mass is 35.5. The molecule has 2 aromatic rings. The summed E-state index contributed by atoms with van der Waals surface area (Å²) in [4.78, 5) is 23.9. The minimum Gasteiger partial charge on any atom is -0.353 e. The summed E-state index contributed by atoms with van der Waals surface area (Å²) in [6.45, 7) is 3.61. The number of anilines is 1. The lowest BCUT2D eigenvalue weighted by Crippen LogP contribution is -2.37. The van der Waals surface area contributed by atoms with E-state index in [1.165, 1.54) is 11.1 Å². The zero-order valence-corrected chi connectivity index (χ0v) is 16.1. The summed E-state index contributed by atoms with van der Waals surface area (Å²) in [5.41, 5.74) is 2.46. The average molecular weight is 402 g/mol. The maximum atomic E-state index is 13.9. The molecule has 2 amide bonds. The summed E-state index contributed by atoms with van der Waals surface area (Å²) in [6.07, 6.45) is 2.08. The van der Waals surface area contributed by atoms with E-state index in [0.29, 0.717) is 43.2 Å². The smallest absolute Gasteiger partial charge is 0.318 e. The van der Waals surface area contributed by atoms with Gasteiger partial charge in [0.2, 0.25) is 5.28 Å². The molecule has 0 unspecified atom stereocenters. The quantitative estimate of drug-likeness (QED) is 0.800. The van der Waals surface area contributed by atoms with E-state index in [1.807, 2.05) is 21.9 Å². The Balaban J connectivity index is 1.07. The van der Waals surface area contributed by atoms with Crippen LogP contribution in [0.25, 0.3) is 0 Å². The van der Waals surface area contributed by atoms with E-state index in [9.17, 15) is 9.18 Å². The number of benzene rings is 1. The summed E-state index contributed by atoms with van der Waals surface area (Å²) in [5.74, 6) is 1.55. The Labute approximate surface area is 167 Å². The van der Waals surface area contributed by atoms with Crippen LogP contribution in [0.15, 0.2) is 30.5 Å². The number of aromatic nitrogens is 2. The molecular formula is C20H21ClFN5O. The average Bonchev–Trinajstić information content (AvgIpc) is 3.05. The van der Waals surface area contributed by atoms with Crippen molar-refractivity contribution in [2.45, 2.75) is 19.5 Å². The van der Waals surface area contributed by atoms with Crippen molar-refractivity contribution in [1.29, 1.82) is 0 Å². The standard InChI is InChI=1S/C20H21ClFN5O/c21-19-24-7-17(22)18(25-19)26-10-15-14(16(15)11-26)5-6-23-20(28)27-8-12-3-1-2-4-13(12)9-27/h1-4,7,14-16H,5-6,8-11H2,(H,23,28)/t14-,15-,16+. The van der Waals surface area contributed by atoms with Gasteiger partial charge >= 0.3 is 6.03 Å². The van der Waals surface area contributed by atoms with Gasteiger partial charge in [-0.1, -0.05) is 24.3 Å². The maximum Gasteiger partial charge on any atom is 0.318 e. The maximum absolute atomic E-state index is 13.9. The van der Waals surface area contributed by atoms with Crippen LogP contribution in [-0.4, -0.2) is 40.5 Å². The van der Waals surface area contributed by atoms with Gasteiger partial charge in [-0.05, 0) is 46.9 Å². The molecule has 146 valence electrons. The first-order valence-electron chi connectivity index (χ1n) is 9.62. The van der Waals surface area contributed by atoms with Gasteiger partial charge in [0.1, 0.15) is 0 Å². The van der Waals surface area contributed by atoms with Gasteiger partial charge in [-0.3, -0.25) is 0 Å². The molecule has 1 aromatic carbocycles. The summed E-state index contributed by atoms with van der Waals surface area (Å²) >= 11 is 5.79. The van der Waals surface area contributed by atoms with Crippen LogP contribution in [0.4, 0.5) is 15.0 Å². The number of carbonyl (C=O) groups excluding carboxylic acids is 1. The number of hydrogen-bond acceptors (Lipinski definition) is 4. The fraction of sp³-hybridized carbons (Fsp3) is 0.450. The van der Waals surface area contributed by atoms with E-state index >= 15 is 0 Å². The van der Waals surface area contributed by atoms with Crippen molar-refractivity contribution >= 4 is 23.4 Å². The van der Waals surface area contributed by atoms with Crippen LogP contribution in [0.5, 0.6) is 0 Å². The first kappa shape index (κ1) is 17.7. The van der Waals surface area contributed by atoms with Gasteiger partial charge in [-0.15, -0.1) is 0 Å². The van der Waals surface area contributed by atoms with Crippen molar-refractivity contribution in [2.75, 3.05) is 24.5 Å². The zero-order valence-electron chi connectivity index (χ0n) is 15.3. The summed E-state index contributed by atoms with van der Waals surface area (Å²) in [7, 11) is 0. The van der Waals surface area contributed by atoms with Crippen molar-refractivity contribution in [2.24, 2.45) is 17.8 Å². The minimum atomic E-state index is -0.430. The number of rotatable bonds is 4. The molecule has 28 heavy (non-hydrogen) atoms. The molecule has 0 bridgehead atoms. The molecule has 1 aromatic heterocycles. The highest BCUT2D eigenvalue weighted by Crippen LogP contribution is 2.54. The zero-order chi connectivity index (χ0) is 19.3. The molecule has 0 radical (unpaired) electrons. The second-order valence-electron chi connectivity index (χ2n) is 7.85. The van der Waals surface area contributed by atoms with Gasteiger partial charge in [0.15, 0.2) is 11.6 Å². The fourth-order valence-electron chi connectivity index (χ4n) is 4.74. The van der Waals surface area contributed by atoms with Crippen LogP contribution >= 0.6 is 11.6 Å². The van der Waals surface area contributed by atoms with Crippen LogP contribution in [0.1, 0.15) is 17.5 Å². The first-order chi connectivity index (χ1) is 13.6. The van der Waals surface area contributed by atoms with Crippen molar-refractivity contribution in [3.63, 3.8) is 0 Å². The second kappa shape index (κ2) is 6.88. The molecule has 1 saturated heterocycles. The number of urea groups is 1. The SMILES string of the molecule is O=C(NCC[C@@H]1[C@H]2CN(c3nc(Cl)ncc3F)C[C@@H]12)N1Cc2ccccc2C1. The molecule has 1 aliphatic carbocycles. The molecule has 3 atom stereocenters. The van der Waals surface area contributed by atoms with Gasteiger partial charge in [0.05, 0.1) is 6.20 Å². The predicted octanol–water partition coefficient (Wildman–Crippen LogP) is 3.07. The highest BCUT2D eigenvalue weighted by Gasteiger charge is 2.55. The number of fused-ring (bicyclic) bond motifs is 2. The van der Waals surface area contributed by atoms with Crippen molar-refractivity contribution in [3.8, 4) is 0 Å². The molecule has 0 spiro atoms. The third kappa shape index (κ3) is 3.17. The van der Waals surface area contributed by atoms with E-state index in [-0.39, 0.29) is 11.3 Å². The predicted molar refractivity (Wildman–Crippen MR) is 103 cm³/mol. The number of piperidine rings is 1. The lowest BCUT2D eigenvalue weighted by atomic mass is 10.1. The van der Waals surface area contributed by atoms with Crippen LogP contribution in [-0.2, 0) is 13.1 Å². The second-order valence-corrected chi connectivity index (χ2v) is 8.19. The molecule has 3 heterocycles. The number of nitrogens with zero attached hydrogens (tertiary/aromatic N) is 4. The van der Waals surface area contributed by atoms with E-state index < -0.39 is 5.82 Å². The monoisotopic (exact) mass is 401 g/mol. The minimum absolute atomic E-state index is 0.00124. The Morgan fingerprint density at radius 2 is 1.89 bits per heavy atom. The lowest BCUT2D eigenvalue weighted by molar-refractivity contribution is 0.198. The van der Waals surface area contributed by atoms with Crippen LogP contribution in [0.3, 0.4) is 0 Å². The van der Waals surface area contributed by atoms with E-state index in [1.54, 1.807) is 0 Å². The van der Waals surface area contributed by atoms with Crippen LogP contribution in [0, 0.1) is 23.6 Å². The molecule has 6 nitrogen and oxygen atoms in total.